The molecule has 0 aromatic carbocycles. The highest BCUT2D eigenvalue weighted by atomic mass is 19.1. The Labute approximate surface area is 72.7 Å². The number of hydrogen-bond acceptors (Lipinski definition) is 2. The van der Waals surface area contributed by atoms with Gasteiger partial charge in [0.1, 0.15) is 5.67 Å². The van der Waals surface area contributed by atoms with Crippen LogP contribution in [-0.4, -0.2) is 42.9 Å². The quantitative estimate of drug-likeness (QED) is 0.622. The number of methoxy groups -OCH3 is 1. The highest BCUT2D eigenvalue weighted by Crippen LogP contribution is 2.46. The van der Waals surface area contributed by atoms with Crippen LogP contribution in [-0.2, 0) is 4.74 Å². The molecule has 2 fully saturated rings. The first-order valence-electron chi connectivity index (χ1n) is 4.51. The molecule has 2 nitrogen and oxygen atoms in total. The summed E-state index contributed by atoms with van der Waals surface area (Å²) in [5, 5.41) is 0. The first kappa shape index (κ1) is 8.45. The minimum absolute atomic E-state index is 0.0538. The zero-order chi connectivity index (χ0) is 8.82. The van der Waals surface area contributed by atoms with Gasteiger partial charge in [0.15, 0.2) is 0 Å². The molecule has 2 aliphatic rings. The summed E-state index contributed by atoms with van der Waals surface area (Å²) in [7, 11) is 1.69. The third-order valence-corrected chi connectivity index (χ3v) is 3.15. The molecule has 70 valence electrons. The van der Waals surface area contributed by atoms with Crippen molar-refractivity contribution in [3.63, 3.8) is 0 Å². The Balaban J connectivity index is 2.08. The van der Waals surface area contributed by atoms with Crippen LogP contribution in [0.3, 0.4) is 0 Å². The van der Waals surface area contributed by atoms with Gasteiger partial charge in [-0.05, 0) is 13.3 Å². The fourth-order valence-electron chi connectivity index (χ4n) is 2.66. The number of hydrogen-bond donors (Lipinski definition) is 0. The van der Waals surface area contributed by atoms with E-state index in [1.165, 1.54) is 0 Å². The minimum atomic E-state index is -0.991. The highest BCUT2D eigenvalue weighted by molar-refractivity contribution is 5.11. The van der Waals surface area contributed by atoms with Gasteiger partial charge in [-0.2, -0.15) is 0 Å². The lowest BCUT2D eigenvalue weighted by molar-refractivity contribution is -0.0340. The molecule has 0 spiro atoms. The molecular weight excluding hydrogens is 157 g/mol. The van der Waals surface area contributed by atoms with Gasteiger partial charge in [-0.25, -0.2) is 4.39 Å². The summed E-state index contributed by atoms with van der Waals surface area (Å²) in [6, 6.07) is 0. The number of fused-ring (bicyclic) bond motifs is 1. The van der Waals surface area contributed by atoms with Crippen LogP contribution < -0.4 is 0 Å². The largest absolute Gasteiger partial charge is 0.383 e. The molecule has 3 heteroatoms. The number of ether oxygens (including phenoxy) is 1. The standard InChI is InChI=1S/C9H16FNO/c1-8(10)5-9(7-12-2)3-4-11(9)6-8/h3-7H2,1-2H3/t8-,9-/m1/s1. The summed E-state index contributed by atoms with van der Waals surface area (Å²) in [4.78, 5) is 2.22. The number of rotatable bonds is 2. The molecular formula is C9H16FNO. The Morgan fingerprint density at radius 1 is 1.58 bits per heavy atom. The molecule has 12 heavy (non-hydrogen) atoms. The second kappa shape index (κ2) is 2.42. The predicted octanol–water partition coefficient (Wildman–Crippen LogP) is 1.21. The monoisotopic (exact) mass is 173 g/mol. The summed E-state index contributed by atoms with van der Waals surface area (Å²) in [6.45, 7) is 4.02. The van der Waals surface area contributed by atoms with Crippen molar-refractivity contribution in [1.29, 1.82) is 0 Å². The van der Waals surface area contributed by atoms with Crippen LogP contribution >= 0.6 is 0 Å². The molecule has 0 bridgehead atoms. The van der Waals surface area contributed by atoms with Crippen LogP contribution in [0.2, 0.25) is 0 Å². The molecule has 2 atom stereocenters. The lowest BCUT2D eigenvalue weighted by Crippen LogP contribution is -2.58. The maximum Gasteiger partial charge on any atom is 0.122 e. The topological polar surface area (TPSA) is 12.5 Å². The summed E-state index contributed by atoms with van der Waals surface area (Å²) in [5.74, 6) is 0. The van der Waals surface area contributed by atoms with E-state index in [-0.39, 0.29) is 5.54 Å². The maximum atomic E-state index is 13.6. The van der Waals surface area contributed by atoms with E-state index >= 15 is 0 Å². The van der Waals surface area contributed by atoms with Crippen molar-refractivity contribution in [2.45, 2.75) is 31.0 Å². The summed E-state index contributed by atoms with van der Waals surface area (Å²) < 4.78 is 18.8. The summed E-state index contributed by atoms with van der Waals surface area (Å²) in [6.07, 6.45) is 1.74. The Morgan fingerprint density at radius 2 is 2.33 bits per heavy atom. The van der Waals surface area contributed by atoms with Gasteiger partial charge in [0.2, 0.25) is 0 Å². The second-order valence-corrected chi connectivity index (χ2v) is 4.42. The van der Waals surface area contributed by atoms with Crippen LogP contribution in [0.5, 0.6) is 0 Å². The van der Waals surface area contributed by atoms with E-state index in [4.69, 9.17) is 4.74 Å². The average molecular weight is 173 g/mol. The Morgan fingerprint density at radius 3 is 2.75 bits per heavy atom. The van der Waals surface area contributed by atoms with Gasteiger partial charge in [0.05, 0.1) is 6.61 Å². The molecule has 0 unspecified atom stereocenters. The molecule has 0 aromatic heterocycles. The summed E-state index contributed by atoms with van der Waals surface area (Å²) >= 11 is 0. The van der Waals surface area contributed by atoms with Gasteiger partial charge in [-0.3, -0.25) is 4.90 Å². The maximum absolute atomic E-state index is 13.6. The number of halogens is 1. The number of nitrogens with zero attached hydrogens (tertiary/aromatic N) is 1. The lowest BCUT2D eigenvalue weighted by Gasteiger charge is -2.47. The lowest BCUT2D eigenvalue weighted by atomic mass is 9.84. The van der Waals surface area contributed by atoms with E-state index in [1.54, 1.807) is 14.0 Å². The molecule has 0 N–H and O–H groups in total. The molecule has 0 amide bonds. The van der Waals surface area contributed by atoms with E-state index in [2.05, 4.69) is 4.90 Å². The third-order valence-electron chi connectivity index (χ3n) is 3.15. The molecule has 0 radical (unpaired) electrons. The molecule has 2 aliphatic heterocycles. The van der Waals surface area contributed by atoms with Crippen LogP contribution in [0.15, 0.2) is 0 Å². The van der Waals surface area contributed by atoms with Gasteiger partial charge in [0, 0.05) is 32.2 Å². The Bertz CT molecular complexity index is 195. The van der Waals surface area contributed by atoms with E-state index < -0.39 is 5.67 Å². The van der Waals surface area contributed by atoms with Gasteiger partial charge in [0.25, 0.3) is 0 Å². The normalized spacial score (nSPS) is 47.2. The minimum Gasteiger partial charge on any atom is -0.383 e. The van der Waals surface area contributed by atoms with Crippen molar-refractivity contribution in [2.24, 2.45) is 0 Å². The van der Waals surface area contributed by atoms with Crippen molar-refractivity contribution in [2.75, 3.05) is 26.8 Å². The number of alkyl halides is 1. The van der Waals surface area contributed by atoms with Crippen LogP contribution in [0, 0.1) is 0 Å². The second-order valence-electron chi connectivity index (χ2n) is 4.42. The highest BCUT2D eigenvalue weighted by Gasteiger charge is 2.56. The van der Waals surface area contributed by atoms with E-state index in [9.17, 15) is 4.39 Å². The van der Waals surface area contributed by atoms with Crippen molar-refractivity contribution in [3.05, 3.63) is 0 Å². The van der Waals surface area contributed by atoms with E-state index in [1.807, 2.05) is 0 Å². The van der Waals surface area contributed by atoms with Gasteiger partial charge in [-0.15, -0.1) is 0 Å². The SMILES string of the molecule is COC[C@]12CCN1C[C@](C)(F)C2. The van der Waals surface area contributed by atoms with Gasteiger partial charge < -0.3 is 4.74 Å². The van der Waals surface area contributed by atoms with Gasteiger partial charge >= 0.3 is 0 Å². The van der Waals surface area contributed by atoms with E-state index in [0.717, 1.165) is 13.0 Å². The Kier molecular flexibility index (Phi) is 1.70. The zero-order valence-electron chi connectivity index (χ0n) is 7.77. The van der Waals surface area contributed by atoms with E-state index in [0.29, 0.717) is 19.6 Å². The average Bonchev–Trinajstić information content (AvgIpc) is 2.12. The molecule has 0 saturated carbocycles. The zero-order valence-corrected chi connectivity index (χ0v) is 7.77. The fourth-order valence-corrected chi connectivity index (χ4v) is 2.66. The first-order chi connectivity index (χ1) is 5.58. The molecule has 2 saturated heterocycles. The van der Waals surface area contributed by atoms with Gasteiger partial charge in [-0.1, -0.05) is 0 Å². The Hall–Kier alpha value is -0.150. The van der Waals surface area contributed by atoms with Crippen molar-refractivity contribution < 1.29 is 9.13 Å². The fraction of sp³-hybridized carbons (Fsp3) is 1.00. The van der Waals surface area contributed by atoms with Crippen molar-refractivity contribution in [1.82, 2.24) is 4.90 Å². The van der Waals surface area contributed by atoms with Crippen LogP contribution in [0.4, 0.5) is 4.39 Å². The molecule has 0 aromatic rings. The molecule has 2 rings (SSSR count). The predicted molar refractivity (Wildman–Crippen MR) is 44.9 cm³/mol. The van der Waals surface area contributed by atoms with Crippen LogP contribution in [0.1, 0.15) is 19.8 Å². The molecule has 0 aliphatic carbocycles. The van der Waals surface area contributed by atoms with Crippen LogP contribution in [0.25, 0.3) is 0 Å². The summed E-state index contributed by atoms with van der Waals surface area (Å²) in [5.41, 5.74) is -0.937. The smallest absolute Gasteiger partial charge is 0.122 e. The molecule has 2 heterocycles. The van der Waals surface area contributed by atoms with Crippen molar-refractivity contribution in [3.8, 4) is 0 Å². The van der Waals surface area contributed by atoms with Crippen molar-refractivity contribution >= 4 is 0 Å². The first-order valence-corrected chi connectivity index (χ1v) is 4.51. The third kappa shape index (κ3) is 1.07.